The van der Waals surface area contributed by atoms with Crippen LogP contribution in [0.3, 0.4) is 0 Å². The zero-order valence-electron chi connectivity index (χ0n) is 33.1. The van der Waals surface area contributed by atoms with Gasteiger partial charge in [-0.2, -0.15) is 0 Å². The van der Waals surface area contributed by atoms with E-state index in [0.29, 0.717) is 6.42 Å². The van der Waals surface area contributed by atoms with Crippen LogP contribution in [0, 0.1) is 0 Å². The van der Waals surface area contributed by atoms with Crippen molar-refractivity contribution in [3.05, 3.63) is 155 Å². The maximum absolute atomic E-state index is 5.73. The van der Waals surface area contributed by atoms with Gasteiger partial charge in [-0.3, -0.25) is 0 Å². The Bertz CT molecular complexity index is 1720. The topological polar surface area (TPSA) is 48.8 Å². The Morgan fingerprint density at radius 2 is 0.647 bits per heavy atom. The third kappa shape index (κ3) is 12.7. The molecule has 0 aliphatic rings. The second-order valence-electron chi connectivity index (χ2n) is 17.4. The smallest absolute Gasteiger partial charge is 0.173 e. The summed E-state index contributed by atoms with van der Waals surface area (Å²) >= 11 is 0. The van der Waals surface area contributed by atoms with E-state index in [2.05, 4.69) is 210 Å². The van der Waals surface area contributed by atoms with E-state index in [1.54, 1.807) is 0 Å². The predicted octanol–water partition coefficient (Wildman–Crippen LogP) is 11.7. The molecule has 0 aromatic heterocycles. The van der Waals surface area contributed by atoms with Crippen molar-refractivity contribution in [2.24, 2.45) is 9.32 Å². The molecule has 51 heavy (non-hydrogen) atoms. The molecule has 268 valence electrons. The predicted molar refractivity (Wildman–Crippen MR) is 237 cm³/mol. The highest BCUT2D eigenvalue weighted by atomic mass is 28.3. The van der Waals surface area contributed by atoms with Crippen molar-refractivity contribution in [1.29, 1.82) is 0 Å². The first-order chi connectivity index (χ1) is 23.8. The first kappa shape index (κ1) is 39.9. The van der Waals surface area contributed by atoms with Crippen LogP contribution in [-0.4, -0.2) is 44.4 Å². The van der Waals surface area contributed by atoms with Gasteiger partial charge in [-0.25, -0.2) is 0 Å². The fraction of sp³-hybridized carbons (Fsp3) is 0.302. The van der Waals surface area contributed by atoms with Gasteiger partial charge in [0.25, 0.3) is 0 Å². The van der Waals surface area contributed by atoms with Gasteiger partial charge in [0.1, 0.15) is 16.5 Å². The molecular weight excluding hydrogens is 685 g/mol. The van der Waals surface area contributed by atoms with Crippen LogP contribution < -0.4 is 9.96 Å². The normalized spacial score (nSPS) is 14.4. The van der Waals surface area contributed by atoms with E-state index in [0.717, 1.165) is 33.9 Å². The molecule has 0 unspecified atom stereocenters. The highest BCUT2D eigenvalue weighted by molar-refractivity contribution is 6.77. The molecule has 8 heteroatoms. The fourth-order valence-corrected chi connectivity index (χ4v) is 9.80. The molecule has 0 atom stereocenters. The molecule has 0 aliphatic carbocycles. The molecule has 4 aromatic rings. The summed E-state index contributed by atoms with van der Waals surface area (Å²) in [4.78, 5) is 8.31. The quantitative estimate of drug-likeness (QED) is 0.0998. The van der Waals surface area contributed by atoms with Gasteiger partial charge in [0.05, 0.1) is 11.4 Å². The molecule has 0 amide bonds. The third-order valence-electron chi connectivity index (χ3n) is 7.64. The van der Waals surface area contributed by atoms with Gasteiger partial charge in [-0.1, -0.05) is 161 Å². The average Bonchev–Trinajstić information content (AvgIpc) is 3.05. The molecule has 4 aromatic carbocycles. The van der Waals surface area contributed by atoms with Crippen LogP contribution >= 0.6 is 0 Å². The average molecular weight is 745 g/mol. The zero-order chi connectivity index (χ0) is 37.5. The molecule has 4 rings (SSSR count). The molecule has 0 fully saturated rings. The van der Waals surface area contributed by atoms with Gasteiger partial charge in [0.2, 0.25) is 0 Å². The van der Waals surface area contributed by atoms with Gasteiger partial charge >= 0.3 is 0 Å². The Kier molecular flexibility index (Phi) is 13.1. The number of rotatable bonds is 14. The number of allylic oxidation sites excluding steroid dienone is 2. The number of benzene rings is 4. The van der Waals surface area contributed by atoms with Crippen molar-refractivity contribution in [2.45, 2.75) is 85.0 Å². The lowest BCUT2D eigenvalue weighted by Gasteiger charge is -2.31. The maximum Gasteiger partial charge on any atom is 0.173 e. The number of nitrogens with zero attached hydrogens (tertiary/aromatic N) is 2. The van der Waals surface area contributed by atoms with Crippen LogP contribution in [-0.2, 0) is 0 Å². The van der Waals surface area contributed by atoms with Crippen molar-refractivity contribution >= 4 is 55.8 Å². The Balaban J connectivity index is 2.29. The standard InChI is InChI=1S/C43H60N4Si4/c1-48(2,3)44-40(34-25-17-13-18-26-34)38(41(45-49(4,5)6)35-27-19-14-20-28-35)33-39(42(46-50(7,8)9)36-29-21-15-22-30-36)43(47-51(10,11)12)37-31-23-16-24-32-37/h13-32,44,46H,33H2,1-12H3/b40-38-,42-39-,45-41+,47-43+. The second kappa shape index (κ2) is 16.7. The van der Waals surface area contributed by atoms with Crippen molar-refractivity contribution < 1.29 is 0 Å². The summed E-state index contributed by atoms with van der Waals surface area (Å²) in [7, 11) is -7.75. The SMILES string of the molecule is C[Si](C)(C)/N=C(/C(CC(=C(/N[Si](C)(C)C)c1ccccc1)/C(=N/[Si](C)(C)C)c1ccccc1)=C(\N[Si](C)(C)C)c1ccccc1)c1ccccc1. The highest BCUT2D eigenvalue weighted by Crippen LogP contribution is 2.34. The minimum Gasteiger partial charge on any atom is -0.410 e. The van der Waals surface area contributed by atoms with Gasteiger partial charge in [0.15, 0.2) is 16.5 Å². The summed E-state index contributed by atoms with van der Waals surface area (Å²) in [6.45, 7) is 28.3. The summed E-state index contributed by atoms with van der Waals surface area (Å²) < 4.78 is 11.5. The minimum atomic E-state index is -1.99. The number of nitrogens with one attached hydrogen (secondary N) is 2. The summed E-state index contributed by atoms with van der Waals surface area (Å²) in [5, 5.41) is 0. The maximum atomic E-state index is 5.73. The van der Waals surface area contributed by atoms with Crippen LogP contribution in [0.25, 0.3) is 11.4 Å². The molecule has 0 saturated heterocycles. The van der Waals surface area contributed by atoms with Crippen LogP contribution in [0.1, 0.15) is 28.7 Å². The van der Waals surface area contributed by atoms with Gasteiger partial charge < -0.3 is 19.3 Å². The van der Waals surface area contributed by atoms with Crippen LogP contribution in [0.2, 0.25) is 78.6 Å². The third-order valence-corrected chi connectivity index (χ3v) is 11.4. The first-order valence-electron chi connectivity index (χ1n) is 18.2. The molecule has 4 nitrogen and oxygen atoms in total. The molecule has 0 saturated carbocycles. The van der Waals surface area contributed by atoms with Gasteiger partial charge in [-0.15, -0.1) is 0 Å². The van der Waals surface area contributed by atoms with Gasteiger partial charge in [0, 0.05) is 29.0 Å². The van der Waals surface area contributed by atoms with E-state index in [4.69, 9.17) is 9.32 Å². The Morgan fingerprint density at radius 3 is 0.882 bits per heavy atom. The summed E-state index contributed by atoms with van der Waals surface area (Å²) in [6.07, 6.45) is 0.639. The van der Waals surface area contributed by atoms with E-state index in [-0.39, 0.29) is 0 Å². The minimum absolute atomic E-state index is 0.639. The molecule has 0 spiro atoms. The Morgan fingerprint density at radius 1 is 0.392 bits per heavy atom. The first-order valence-corrected chi connectivity index (χ1v) is 32.1. The largest absolute Gasteiger partial charge is 0.410 e. The van der Waals surface area contributed by atoms with Crippen LogP contribution in [0.4, 0.5) is 0 Å². The zero-order valence-corrected chi connectivity index (χ0v) is 37.1. The van der Waals surface area contributed by atoms with Crippen molar-refractivity contribution in [3.63, 3.8) is 0 Å². The van der Waals surface area contributed by atoms with Crippen LogP contribution in [0.5, 0.6) is 0 Å². The molecule has 0 radical (unpaired) electrons. The van der Waals surface area contributed by atoms with E-state index in [1.165, 1.54) is 22.3 Å². The summed E-state index contributed by atoms with van der Waals surface area (Å²) in [6, 6.07) is 43.5. The second-order valence-corrected chi connectivity index (χ2v) is 36.0. The van der Waals surface area contributed by atoms with E-state index < -0.39 is 32.9 Å². The molecule has 2 N–H and O–H groups in total. The van der Waals surface area contributed by atoms with Crippen molar-refractivity contribution in [2.75, 3.05) is 0 Å². The lowest BCUT2D eigenvalue weighted by molar-refractivity contribution is 1.15. The summed E-state index contributed by atoms with van der Waals surface area (Å²) in [5.41, 5.74) is 11.5. The number of hydrogen-bond acceptors (Lipinski definition) is 4. The Hall–Kier alpha value is -3.83. The molecular formula is C43H60N4Si4. The summed E-state index contributed by atoms with van der Waals surface area (Å²) in [5.74, 6) is 0. The fourth-order valence-electron chi connectivity index (χ4n) is 5.84. The number of hydrogen-bond donors (Lipinski definition) is 2. The van der Waals surface area contributed by atoms with Gasteiger partial charge in [-0.05, 0) is 61.5 Å². The molecule has 0 heterocycles. The molecule has 0 bridgehead atoms. The lowest BCUT2D eigenvalue weighted by Crippen LogP contribution is -2.42. The van der Waals surface area contributed by atoms with Crippen LogP contribution in [0.15, 0.2) is 142 Å². The monoisotopic (exact) mass is 744 g/mol. The lowest BCUT2D eigenvalue weighted by atomic mass is 9.87. The van der Waals surface area contributed by atoms with E-state index in [9.17, 15) is 0 Å². The molecule has 0 aliphatic heterocycles. The Labute approximate surface area is 313 Å². The van der Waals surface area contributed by atoms with E-state index >= 15 is 0 Å². The van der Waals surface area contributed by atoms with E-state index in [1.807, 2.05) is 0 Å². The van der Waals surface area contributed by atoms with Crippen molar-refractivity contribution in [3.8, 4) is 0 Å². The highest BCUT2D eigenvalue weighted by Gasteiger charge is 2.30. The van der Waals surface area contributed by atoms with Crippen molar-refractivity contribution in [1.82, 2.24) is 9.96 Å².